The molecule has 112 valence electrons. The lowest BCUT2D eigenvalue weighted by atomic mass is 9.95. The van der Waals surface area contributed by atoms with E-state index in [9.17, 15) is 9.59 Å². The van der Waals surface area contributed by atoms with Crippen LogP contribution in [0.2, 0.25) is 0 Å². The fraction of sp³-hybridized carbons (Fsp3) is 0.500. The van der Waals surface area contributed by atoms with Gasteiger partial charge in [0.2, 0.25) is 5.91 Å². The zero-order valence-corrected chi connectivity index (χ0v) is 12.2. The Morgan fingerprint density at radius 3 is 2.43 bits per heavy atom. The van der Waals surface area contributed by atoms with Gasteiger partial charge in [0, 0.05) is 18.7 Å². The largest absolute Gasteiger partial charge is 0.497 e. The van der Waals surface area contributed by atoms with Crippen LogP contribution < -0.4 is 15.0 Å². The molecule has 0 radical (unpaired) electrons. The highest BCUT2D eigenvalue weighted by molar-refractivity contribution is 6.04. The third-order valence-corrected chi connectivity index (χ3v) is 4.44. The monoisotopic (exact) mass is 288 g/mol. The highest BCUT2D eigenvalue weighted by Crippen LogP contribution is 2.34. The second-order valence-corrected chi connectivity index (χ2v) is 5.74. The first-order valence-corrected chi connectivity index (χ1v) is 7.42. The standard InChI is InChI=1S/C16H20N2O3/c1-21-13-6-4-12(5-7-13)18-11-8-14(19)17-16(15(18)20)9-2-3-10-16/h4-7H,2-3,8-11H2,1H3,(H,17,19). The van der Waals surface area contributed by atoms with Crippen molar-refractivity contribution in [2.24, 2.45) is 0 Å². The summed E-state index contributed by atoms with van der Waals surface area (Å²) in [5, 5.41) is 2.97. The summed E-state index contributed by atoms with van der Waals surface area (Å²) < 4.78 is 5.15. The lowest BCUT2D eigenvalue weighted by Gasteiger charge is -2.31. The maximum Gasteiger partial charge on any atom is 0.252 e. The molecule has 3 rings (SSSR count). The molecule has 1 aliphatic carbocycles. The number of ether oxygens (including phenoxy) is 1. The lowest BCUT2D eigenvalue weighted by Crippen LogP contribution is -2.55. The van der Waals surface area contributed by atoms with Crippen LogP contribution in [-0.2, 0) is 9.59 Å². The minimum atomic E-state index is -0.687. The second-order valence-electron chi connectivity index (χ2n) is 5.74. The number of hydrogen-bond acceptors (Lipinski definition) is 3. The van der Waals surface area contributed by atoms with Crippen molar-refractivity contribution in [3.63, 3.8) is 0 Å². The molecule has 1 aliphatic heterocycles. The average molecular weight is 288 g/mol. The van der Waals surface area contributed by atoms with Crippen LogP contribution in [0.4, 0.5) is 5.69 Å². The smallest absolute Gasteiger partial charge is 0.252 e. The zero-order chi connectivity index (χ0) is 14.9. The molecule has 1 saturated carbocycles. The first-order chi connectivity index (χ1) is 10.1. The SMILES string of the molecule is COc1ccc(N2CCC(=O)NC3(CCCC3)C2=O)cc1. The van der Waals surface area contributed by atoms with Crippen LogP contribution in [0.1, 0.15) is 32.1 Å². The molecule has 2 fully saturated rings. The molecule has 5 nitrogen and oxygen atoms in total. The Bertz CT molecular complexity index is 547. The summed E-state index contributed by atoms with van der Waals surface area (Å²) in [5.74, 6) is 0.753. The minimum absolute atomic E-state index is 0.0241. The number of rotatable bonds is 2. The van der Waals surface area contributed by atoms with Crippen molar-refractivity contribution in [2.45, 2.75) is 37.6 Å². The molecule has 2 amide bonds. The molecular formula is C16H20N2O3. The maximum absolute atomic E-state index is 12.9. The first-order valence-electron chi connectivity index (χ1n) is 7.42. The summed E-state index contributed by atoms with van der Waals surface area (Å²) in [6, 6.07) is 7.42. The lowest BCUT2D eigenvalue weighted by molar-refractivity contribution is -0.129. The second kappa shape index (κ2) is 5.39. The van der Waals surface area contributed by atoms with Crippen LogP contribution in [0, 0.1) is 0 Å². The van der Waals surface area contributed by atoms with Gasteiger partial charge >= 0.3 is 0 Å². The van der Waals surface area contributed by atoms with Crippen molar-refractivity contribution in [2.75, 3.05) is 18.6 Å². The molecule has 1 saturated heterocycles. The van der Waals surface area contributed by atoms with Crippen molar-refractivity contribution in [1.82, 2.24) is 5.32 Å². The van der Waals surface area contributed by atoms with E-state index in [-0.39, 0.29) is 11.8 Å². The topological polar surface area (TPSA) is 58.6 Å². The van der Waals surface area contributed by atoms with Gasteiger partial charge in [-0.15, -0.1) is 0 Å². The fourth-order valence-electron chi connectivity index (χ4n) is 3.28. The summed E-state index contributed by atoms with van der Waals surface area (Å²) in [4.78, 5) is 26.6. The molecule has 1 spiro atoms. The van der Waals surface area contributed by atoms with Crippen molar-refractivity contribution in [3.05, 3.63) is 24.3 Å². The van der Waals surface area contributed by atoms with Gasteiger partial charge in [0.15, 0.2) is 0 Å². The van der Waals surface area contributed by atoms with E-state index in [2.05, 4.69) is 5.32 Å². The Morgan fingerprint density at radius 1 is 1.14 bits per heavy atom. The van der Waals surface area contributed by atoms with Crippen LogP contribution in [0.3, 0.4) is 0 Å². The number of anilines is 1. The number of carbonyl (C=O) groups excluding carboxylic acids is 2. The normalized spacial score (nSPS) is 21.3. The zero-order valence-electron chi connectivity index (χ0n) is 12.2. The van der Waals surface area contributed by atoms with Crippen LogP contribution in [-0.4, -0.2) is 31.0 Å². The molecular weight excluding hydrogens is 268 g/mol. The van der Waals surface area contributed by atoms with Crippen LogP contribution >= 0.6 is 0 Å². The quantitative estimate of drug-likeness (QED) is 0.903. The van der Waals surface area contributed by atoms with Gasteiger partial charge in [-0.05, 0) is 37.1 Å². The fourth-order valence-corrected chi connectivity index (χ4v) is 3.28. The van der Waals surface area contributed by atoms with E-state index in [4.69, 9.17) is 4.74 Å². The Labute approximate surface area is 124 Å². The maximum atomic E-state index is 12.9. The summed E-state index contributed by atoms with van der Waals surface area (Å²) in [7, 11) is 1.61. The molecule has 0 bridgehead atoms. The van der Waals surface area contributed by atoms with E-state index < -0.39 is 5.54 Å². The summed E-state index contributed by atoms with van der Waals surface area (Å²) in [6.45, 7) is 0.429. The van der Waals surface area contributed by atoms with Crippen molar-refractivity contribution in [3.8, 4) is 5.75 Å². The third kappa shape index (κ3) is 2.48. The number of nitrogens with one attached hydrogen (secondary N) is 1. The number of benzene rings is 1. The summed E-state index contributed by atoms with van der Waals surface area (Å²) in [5.41, 5.74) is 0.136. The predicted molar refractivity (Wildman–Crippen MR) is 79.3 cm³/mol. The Hall–Kier alpha value is -2.04. The highest BCUT2D eigenvalue weighted by atomic mass is 16.5. The molecule has 2 aliphatic rings. The van der Waals surface area contributed by atoms with E-state index >= 15 is 0 Å². The van der Waals surface area contributed by atoms with Crippen LogP contribution in [0.25, 0.3) is 0 Å². The molecule has 1 aromatic rings. The van der Waals surface area contributed by atoms with Crippen LogP contribution in [0.5, 0.6) is 5.75 Å². The Balaban J connectivity index is 1.92. The van der Waals surface area contributed by atoms with Crippen molar-refractivity contribution < 1.29 is 14.3 Å². The van der Waals surface area contributed by atoms with Crippen molar-refractivity contribution in [1.29, 1.82) is 0 Å². The van der Waals surface area contributed by atoms with Crippen molar-refractivity contribution >= 4 is 17.5 Å². The first kappa shape index (κ1) is 13.9. The molecule has 0 aromatic heterocycles. The van der Waals surface area contributed by atoms with Gasteiger partial charge in [0.1, 0.15) is 11.3 Å². The van der Waals surface area contributed by atoms with E-state index in [1.807, 2.05) is 24.3 Å². The van der Waals surface area contributed by atoms with E-state index in [1.54, 1.807) is 12.0 Å². The summed E-state index contributed by atoms with van der Waals surface area (Å²) >= 11 is 0. The van der Waals surface area contributed by atoms with Crippen LogP contribution in [0.15, 0.2) is 24.3 Å². The van der Waals surface area contributed by atoms with Gasteiger partial charge in [-0.25, -0.2) is 0 Å². The van der Waals surface area contributed by atoms with Gasteiger partial charge < -0.3 is 15.0 Å². The van der Waals surface area contributed by atoms with Gasteiger partial charge in [0.05, 0.1) is 7.11 Å². The number of nitrogens with zero attached hydrogens (tertiary/aromatic N) is 1. The average Bonchev–Trinajstić information content (AvgIpc) is 2.92. The van der Waals surface area contributed by atoms with Gasteiger partial charge in [0.25, 0.3) is 5.91 Å². The number of hydrogen-bond donors (Lipinski definition) is 1. The number of methoxy groups -OCH3 is 1. The van der Waals surface area contributed by atoms with E-state index in [1.165, 1.54) is 0 Å². The minimum Gasteiger partial charge on any atom is -0.497 e. The van der Waals surface area contributed by atoms with Gasteiger partial charge in [-0.2, -0.15) is 0 Å². The molecule has 5 heteroatoms. The molecule has 1 heterocycles. The Morgan fingerprint density at radius 2 is 1.81 bits per heavy atom. The van der Waals surface area contributed by atoms with Gasteiger partial charge in [-0.3, -0.25) is 9.59 Å². The highest BCUT2D eigenvalue weighted by Gasteiger charge is 2.46. The predicted octanol–water partition coefficient (Wildman–Crippen LogP) is 1.86. The molecule has 0 unspecified atom stereocenters. The van der Waals surface area contributed by atoms with E-state index in [0.29, 0.717) is 13.0 Å². The number of carbonyl (C=O) groups is 2. The third-order valence-electron chi connectivity index (χ3n) is 4.44. The molecule has 21 heavy (non-hydrogen) atoms. The molecule has 0 atom stereocenters. The molecule has 1 N–H and O–H groups in total. The van der Waals surface area contributed by atoms with E-state index in [0.717, 1.165) is 37.1 Å². The summed E-state index contributed by atoms with van der Waals surface area (Å²) in [6.07, 6.45) is 3.80. The van der Waals surface area contributed by atoms with Gasteiger partial charge in [-0.1, -0.05) is 12.8 Å². The molecule has 1 aromatic carbocycles. The Kier molecular flexibility index (Phi) is 3.57. The number of amides is 2.